The molecular weight excluding hydrogens is 408 g/mol. The lowest BCUT2D eigenvalue weighted by molar-refractivity contribution is -0.293. The van der Waals surface area contributed by atoms with Gasteiger partial charge >= 0.3 is 0 Å². The molecule has 1 saturated heterocycles. The lowest BCUT2D eigenvalue weighted by Crippen LogP contribution is -2.68. The molecule has 3 aliphatic carbocycles. The van der Waals surface area contributed by atoms with Gasteiger partial charge in [-0.1, -0.05) is 53.9 Å². The van der Waals surface area contributed by atoms with Crippen molar-refractivity contribution in [3.63, 3.8) is 0 Å². The van der Waals surface area contributed by atoms with Crippen LogP contribution in [0.2, 0.25) is 0 Å². The van der Waals surface area contributed by atoms with E-state index in [2.05, 4.69) is 48.5 Å². The van der Waals surface area contributed by atoms with E-state index in [-0.39, 0.29) is 29.6 Å². The molecule has 0 aromatic carbocycles. The van der Waals surface area contributed by atoms with E-state index in [1.54, 1.807) is 0 Å². The highest BCUT2D eigenvalue weighted by Crippen LogP contribution is 2.64. The van der Waals surface area contributed by atoms with E-state index in [0.717, 1.165) is 31.1 Å². The number of hydrogen-bond donors (Lipinski definition) is 2. The van der Waals surface area contributed by atoms with Crippen molar-refractivity contribution in [1.29, 1.82) is 0 Å². The maximum atomic E-state index is 12.2. The molecule has 0 aromatic heterocycles. The smallest absolute Gasteiger partial charge is 0.0918 e. The summed E-state index contributed by atoms with van der Waals surface area (Å²) >= 11 is 0. The Kier molecular flexibility index (Phi) is 7.39. The molecule has 3 saturated carbocycles. The molecule has 4 fully saturated rings. The van der Waals surface area contributed by atoms with Crippen molar-refractivity contribution in [3.8, 4) is 0 Å². The fraction of sp³-hybridized carbons (Fsp3) is 1.00. The van der Waals surface area contributed by atoms with Crippen LogP contribution in [0.1, 0.15) is 119 Å². The Labute approximate surface area is 204 Å². The van der Waals surface area contributed by atoms with Gasteiger partial charge in [-0.25, -0.2) is 0 Å². The van der Waals surface area contributed by atoms with E-state index in [1.165, 1.54) is 51.4 Å². The summed E-state index contributed by atoms with van der Waals surface area (Å²) in [5.41, 5.74) is -0.533. The van der Waals surface area contributed by atoms with Crippen LogP contribution in [0, 0.1) is 46.3 Å². The molecule has 0 radical (unpaired) electrons. The zero-order valence-corrected chi connectivity index (χ0v) is 22.8. The van der Waals surface area contributed by atoms with E-state index in [9.17, 15) is 10.2 Å². The highest BCUT2D eigenvalue weighted by atomic mass is 16.5. The molecule has 1 heterocycles. The Morgan fingerprint density at radius 1 is 0.939 bits per heavy atom. The molecule has 11 atom stereocenters. The molecule has 3 nitrogen and oxygen atoms in total. The summed E-state index contributed by atoms with van der Waals surface area (Å²) < 4.78 is 6.90. The Hall–Kier alpha value is -0.120. The van der Waals surface area contributed by atoms with Gasteiger partial charge in [-0.15, -0.1) is 0 Å². The Bertz CT molecular complexity index is 673. The van der Waals surface area contributed by atoms with E-state index in [1.807, 2.05) is 0 Å². The van der Waals surface area contributed by atoms with Crippen LogP contribution >= 0.6 is 0 Å². The molecule has 0 bridgehead atoms. The summed E-state index contributed by atoms with van der Waals surface area (Å²) in [6, 6.07) is 0. The zero-order valence-electron chi connectivity index (χ0n) is 22.8. The molecule has 1 aliphatic heterocycles. The summed E-state index contributed by atoms with van der Waals surface area (Å²) in [4.78, 5) is 0. The fourth-order valence-electron chi connectivity index (χ4n) is 9.31. The predicted octanol–water partition coefficient (Wildman–Crippen LogP) is 6.99. The van der Waals surface area contributed by atoms with E-state index in [4.69, 9.17) is 4.74 Å². The molecule has 4 rings (SSSR count). The molecular formula is C30H54O3. The third-order valence-corrected chi connectivity index (χ3v) is 11.7. The summed E-state index contributed by atoms with van der Waals surface area (Å²) in [5.74, 6) is 3.41. The highest BCUT2D eigenvalue weighted by molar-refractivity contribution is 5.13. The van der Waals surface area contributed by atoms with Crippen molar-refractivity contribution in [2.24, 2.45) is 46.3 Å². The SMILES string of the molecule is CC(C)CCCCC1CCC2C(C3O[C@H](C)C4(C)CCC(O)CC4C3(C)O)C(C)CCC12C. The first-order valence-corrected chi connectivity index (χ1v) is 14.5. The topological polar surface area (TPSA) is 49.7 Å². The zero-order chi connectivity index (χ0) is 24.2. The van der Waals surface area contributed by atoms with Crippen molar-refractivity contribution in [1.82, 2.24) is 0 Å². The molecule has 0 spiro atoms. The second kappa shape index (κ2) is 9.40. The van der Waals surface area contributed by atoms with Gasteiger partial charge in [0.05, 0.1) is 23.9 Å². The third-order valence-electron chi connectivity index (χ3n) is 11.7. The Balaban J connectivity index is 1.55. The number of aliphatic hydroxyl groups is 2. The summed E-state index contributed by atoms with van der Waals surface area (Å²) in [7, 11) is 0. The lowest BCUT2D eigenvalue weighted by atomic mass is 9.50. The van der Waals surface area contributed by atoms with Gasteiger partial charge in [0.2, 0.25) is 0 Å². The first-order chi connectivity index (χ1) is 15.4. The summed E-state index contributed by atoms with van der Waals surface area (Å²) in [6.45, 7) is 16.3. The van der Waals surface area contributed by atoms with Crippen molar-refractivity contribution in [3.05, 3.63) is 0 Å². The molecule has 192 valence electrons. The van der Waals surface area contributed by atoms with Crippen LogP contribution in [0.3, 0.4) is 0 Å². The number of fused-ring (bicyclic) bond motifs is 2. The van der Waals surface area contributed by atoms with Gasteiger partial charge < -0.3 is 14.9 Å². The van der Waals surface area contributed by atoms with Gasteiger partial charge in [0, 0.05) is 5.92 Å². The van der Waals surface area contributed by atoms with Gasteiger partial charge in [-0.05, 0) is 106 Å². The molecule has 10 unspecified atom stereocenters. The number of aliphatic hydroxyl groups excluding tert-OH is 1. The minimum Gasteiger partial charge on any atom is -0.393 e. The van der Waals surface area contributed by atoms with Gasteiger partial charge in [0.1, 0.15) is 0 Å². The maximum Gasteiger partial charge on any atom is 0.0918 e. The first-order valence-electron chi connectivity index (χ1n) is 14.5. The third kappa shape index (κ3) is 4.46. The van der Waals surface area contributed by atoms with Crippen molar-refractivity contribution in [2.45, 2.75) is 143 Å². The monoisotopic (exact) mass is 462 g/mol. The maximum absolute atomic E-state index is 12.2. The fourth-order valence-corrected chi connectivity index (χ4v) is 9.31. The van der Waals surface area contributed by atoms with Crippen LogP contribution in [0.25, 0.3) is 0 Å². The molecule has 4 aliphatic rings. The van der Waals surface area contributed by atoms with E-state index >= 15 is 0 Å². The summed E-state index contributed by atoms with van der Waals surface area (Å²) in [6.07, 6.45) is 13.0. The Morgan fingerprint density at radius 2 is 1.64 bits per heavy atom. The first kappa shape index (κ1) is 26.0. The largest absolute Gasteiger partial charge is 0.393 e. The van der Waals surface area contributed by atoms with E-state index < -0.39 is 5.60 Å². The number of rotatable bonds is 6. The van der Waals surface area contributed by atoms with Crippen molar-refractivity contribution >= 4 is 0 Å². The van der Waals surface area contributed by atoms with Crippen molar-refractivity contribution < 1.29 is 14.9 Å². The summed E-state index contributed by atoms with van der Waals surface area (Å²) in [5, 5.41) is 22.7. The second-order valence-corrected chi connectivity index (χ2v) is 14.1. The number of unbranched alkanes of at least 4 members (excludes halogenated alkanes) is 1. The standard InChI is InChI=1S/C30H54O3/c1-19(2)10-8-9-11-22-12-13-24-26(20(3)14-16-29(22,24)6)27-30(7,32)25-18-23(31)15-17-28(25,5)21(4)33-27/h19-27,31-32H,8-18H2,1-7H3/t20?,21-,22?,23?,24?,25?,26?,27?,28?,29?,30?/m1/s1. The quantitative estimate of drug-likeness (QED) is 0.418. The Morgan fingerprint density at radius 3 is 2.33 bits per heavy atom. The normalized spacial score (nSPS) is 52.5. The highest BCUT2D eigenvalue weighted by Gasteiger charge is 2.64. The van der Waals surface area contributed by atoms with Crippen LogP contribution in [-0.2, 0) is 4.74 Å². The van der Waals surface area contributed by atoms with Crippen LogP contribution < -0.4 is 0 Å². The van der Waals surface area contributed by atoms with Gasteiger partial charge in [0.15, 0.2) is 0 Å². The minimum absolute atomic E-state index is 0.0466. The van der Waals surface area contributed by atoms with Gasteiger partial charge in [-0.2, -0.15) is 0 Å². The molecule has 33 heavy (non-hydrogen) atoms. The van der Waals surface area contributed by atoms with Gasteiger partial charge in [0.25, 0.3) is 0 Å². The number of ether oxygens (including phenoxy) is 1. The van der Waals surface area contributed by atoms with E-state index in [0.29, 0.717) is 23.2 Å². The van der Waals surface area contributed by atoms with Crippen molar-refractivity contribution in [2.75, 3.05) is 0 Å². The molecule has 3 heteroatoms. The second-order valence-electron chi connectivity index (χ2n) is 14.1. The van der Waals surface area contributed by atoms with Crippen LogP contribution in [0.15, 0.2) is 0 Å². The molecule has 0 aromatic rings. The lowest BCUT2D eigenvalue weighted by Gasteiger charge is -2.62. The van der Waals surface area contributed by atoms with Gasteiger partial charge in [-0.3, -0.25) is 0 Å². The minimum atomic E-state index is -0.880. The molecule has 2 N–H and O–H groups in total. The average Bonchev–Trinajstić information content (AvgIpc) is 3.07. The van der Waals surface area contributed by atoms with Crippen LogP contribution in [-0.4, -0.2) is 34.1 Å². The van der Waals surface area contributed by atoms with Crippen LogP contribution in [0.4, 0.5) is 0 Å². The molecule has 0 amide bonds. The van der Waals surface area contributed by atoms with Crippen LogP contribution in [0.5, 0.6) is 0 Å². The predicted molar refractivity (Wildman–Crippen MR) is 136 cm³/mol. The average molecular weight is 463 g/mol. The number of hydrogen-bond acceptors (Lipinski definition) is 3.